The number of allylic oxidation sites excluding steroid dienone is 3. The van der Waals surface area contributed by atoms with Crippen molar-refractivity contribution in [3.8, 4) is 0 Å². The molecular formula is C23H26FNS. The Labute approximate surface area is 160 Å². The van der Waals surface area contributed by atoms with Gasteiger partial charge in [0.15, 0.2) is 0 Å². The lowest BCUT2D eigenvalue weighted by Crippen LogP contribution is -2.07. The second kappa shape index (κ2) is 9.44. The number of hydrogen-bond donors (Lipinski definition) is 1. The quantitative estimate of drug-likeness (QED) is 0.437. The van der Waals surface area contributed by atoms with Crippen LogP contribution in [0.2, 0.25) is 0 Å². The number of benzene rings is 2. The van der Waals surface area contributed by atoms with E-state index in [9.17, 15) is 4.39 Å². The van der Waals surface area contributed by atoms with Crippen LogP contribution in [0.5, 0.6) is 0 Å². The van der Waals surface area contributed by atoms with Gasteiger partial charge in [-0.15, -0.1) is 0 Å². The Morgan fingerprint density at radius 2 is 1.69 bits per heavy atom. The van der Waals surface area contributed by atoms with Gasteiger partial charge in [-0.1, -0.05) is 49.5 Å². The summed E-state index contributed by atoms with van der Waals surface area (Å²) in [6, 6.07) is 15.2. The summed E-state index contributed by atoms with van der Waals surface area (Å²) in [4.78, 5) is 2.11. The highest BCUT2D eigenvalue weighted by molar-refractivity contribution is 8.03. The van der Waals surface area contributed by atoms with Crippen molar-refractivity contribution in [1.29, 1.82) is 0 Å². The number of hydrogen-bond acceptors (Lipinski definition) is 2. The highest BCUT2D eigenvalue weighted by atomic mass is 32.2. The highest BCUT2D eigenvalue weighted by Crippen LogP contribution is 2.32. The molecule has 26 heavy (non-hydrogen) atoms. The van der Waals surface area contributed by atoms with Crippen molar-refractivity contribution in [2.24, 2.45) is 0 Å². The third kappa shape index (κ3) is 5.37. The second-order valence-electron chi connectivity index (χ2n) is 6.13. The molecule has 0 spiro atoms. The Morgan fingerprint density at radius 3 is 2.23 bits per heavy atom. The highest BCUT2D eigenvalue weighted by Gasteiger charge is 2.08. The van der Waals surface area contributed by atoms with E-state index in [2.05, 4.69) is 63.0 Å². The first-order valence-electron chi connectivity index (χ1n) is 8.73. The smallest absolute Gasteiger partial charge is 0.123 e. The Bertz CT molecular complexity index is 814. The van der Waals surface area contributed by atoms with Gasteiger partial charge in [-0.3, -0.25) is 0 Å². The molecule has 3 heteroatoms. The summed E-state index contributed by atoms with van der Waals surface area (Å²) in [5.41, 5.74) is 5.63. The Balaban J connectivity index is 2.35. The van der Waals surface area contributed by atoms with Crippen molar-refractivity contribution in [1.82, 2.24) is 5.32 Å². The van der Waals surface area contributed by atoms with E-state index >= 15 is 0 Å². The van der Waals surface area contributed by atoms with E-state index in [1.807, 2.05) is 7.05 Å². The largest absolute Gasteiger partial charge is 0.388 e. The molecule has 0 fully saturated rings. The third-order valence-electron chi connectivity index (χ3n) is 4.27. The lowest BCUT2D eigenvalue weighted by Gasteiger charge is -2.13. The molecule has 0 aliphatic carbocycles. The van der Waals surface area contributed by atoms with Crippen LogP contribution in [0.15, 0.2) is 82.3 Å². The molecule has 0 aliphatic heterocycles. The third-order valence-corrected chi connectivity index (χ3v) is 5.30. The fourth-order valence-corrected chi connectivity index (χ4v) is 3.49. The molecule has 0 unspecified atom stereocenters. The van der Waals surface area contributed by atoms with Gasteiger partial charge < -0.3 is 5.32 Å². The van der Waals surface area contributed by atoms with Crippen LogP contribution in [0.1, 0.15) is 31.9 Å². The van der Waals surface area contributed by atoms with Gasteiger partial charge in [0.05, 0.1) is 0 Å². The molecule has 0 aromatic heterocycles. The van der Waals surface area contributed by atoms with E-state index < -0.39 is 0 Å². The van der Waals surface area contributed by atoms with Crippen molar-refractivity contribution in [2.75, 3.05) is 7.05 Å². The molecule has 0 radical (unpaired) electrons. The Morgan fingerprint density at radius 1 is 1.08 bits per heavy atom. The van der Waals surface area contributed by atoms with Crippen LogP contribution in [0.4, 0.5) is 4.39 Å². The summed E-state index contributed by atoms with van der Waals surface area (Å²) < 4.78 is 13.1. The van der Waals surface area contributed by atoms with E-state index in [1.54, 1.807) is 23.9 Å². The van der Waals surface area contributed by atoms with Crippen LogP contribution in [-0.4, -0.2) is 7.05 Å². The zero-order valence-corrected chi connectivity index (χ0v) is 16.7. The second-order valence-corrected chi connectivity index (χ2v) is 7.42. The van der Waals surface area contributed by atoms with E-state index in [0.717, 1.165) is 27.5 Å². The predicted molar refractivity (Wildman–Crippen MR) is 113 cm³/mol. The molecule has 0 heterocycles. The molecule has 0 aliphatic rings. The maximum Gasteiger partial charge on any atom is 0.123 e. The number of halogens is 1. The minimum absolute atomic E-state index is 0.220. The first kappa shape index (κ1) is 20.1. The monoisotopic (exact) mass is 367 g/mol. The molecule has 2 aromatic rings. The molecule has 0 saturated carbocycles. The number of nitrogens with one attached hydrogen (secondary N) is 1. The van der Waals surface area contributed by atoms with Crippen LogP contribution in [-0.2, 0) is 6.42 Å². The fraction of sp³-hybridized carbons (Fsp3) is 0.217. The van der Waals surface area contributed by atoms with Crippen LogP contribution in [0.25, 0.3) is 5.57 Å². The first-order valence-corrected chi connectivity index (χ1v) is 9.55. The van der Waals surface area contributed by atoms with Gasteiger partial charge in [0.2, 0.25) is 0 Å². The minimum atomic E-state index is -0.220. The van der Waals surface area contributed by atoms with E-state index in [-0.39, 0.29) is 5.82 Å². The maximum absolute atomic E-state index is 13.1. The van der Waals surface area contributed by atoms with Gasteiger partial charge in [-0.2, -0.15) is 0 Å². The van der Waals surface area contributed by atoms with Crippen molar-refractivity contribution in [3.63, 3.8) is 0 Å². The molecular weight excluding hydrogens is 341 g/mol. The number of thioether (sulfide) groups is 1. The predicted octanol–water partition coefficient (Wildman–Crippen LogP) is 6.59. The van der Waals surface area contributed by atoms with Crippen molar-refractivity contribution >= 4 is 17.3 Å². The van der Waals surface area contributed by atoms with Gasteiger partial charge >= 0.3 is 0 Å². The lowest BCUT2D eigenvalue weighted by molar-refractivity contribution is 0.626. The summed E-state index contributed by atoms with van der Waals surface area (Å²) >= 11 is 1.61. The summed E-state index contributed by atoms with van der Waals surface area (Å²) in [5, 5.41) is 3.15. The number of likely N-dealkylation sites (N-methyl/N-ethyl adjacent to an activating group) is 1. The molecule has 0 amide bonds. The molecule has 2 rings (SSSR count). The summed E-state index contributed by atoms with van der Waals surface area (Å²) in [7, 11) is 1.87. The zero-order chi connectivity index (χ0) is 19.1. The van der Waals surface area contributed by atoms with Gasteiger partial charge in [0.1, 0.15) is 5.82 Å². The standard InChI is InChI=1S/C23H26FNS/c1-6-19-7-9-20(10-8-19)16(2)15-23(17(3)25-5)18(4)26-22-13-11-21(24)12-14-22/h7-15,25H,3,6H2,1-2,4-5H3/b16-15+,23-18+. The van der Waals surface area contributed by atoms with E-state index in [1.165, 1.54) is 28.8 Å². The minimum Gasteiger partial charge on any atom is -0.388 e. The molecule has 1 N–H and O–H groups in total. The summed E-state index contributed by atoms with van der Waals surface area (Å²) in [6.07, 6.45) is 3.20. The molecule has 0 atom stereocenters. The Hall–Kier alpha value is -2.26. The van der Waals surface area contributed by atoms with Crippen molar-refractivity contribution < 1.29 is 4.39 Å². The summed E-state index contributed by atoms with van der Waals surface area (Å²) in [5.74, 6) is -0.220. The van der Waals surface area contributed by atoms with Crippen molar-refractivity contribution in [2.45, 2.75) is 32.1 Å². The average Bonchev–Trinajstić information content (AvgIpc) is 2.67. The summed E-state index contributed by atoms with van der Waals surface area (Å²) in [6.45, 7) is 10.5. The molecule has 1 nitrogen and oxygen atoms in total. The van der Waals surface area contributed by atoms with Crippen molar-refractivity contribution in [3.05, 3.63) is 94.3 Å². The maximum atomic E-state index is 13.1. The molecule has 0 bridgehead atoms. The van der Waals surface area contributed by atoms with Gasteiger partial charge in [-0.25, -0.2) is 4.39 Å². The van der Waals surface area contributed by atoms with Crippen LogP contribution in [0, 0.1) is 5.82 Å². The zero-order valence-electron chi connectivity index (χ0n) is 15.9. The average molecular weight is 368 g/mol. The first-order chi connectivity index (χ1) is 12.4. The molecule has 2 aromatic carbocycles. The van der Waals surface area contributed by atoms with Gasteiger partial charge in [0, 0.05) is 23.2 Å². The molecule has 136 valence electrons. The van der Waals surface area contributed by atoms with E-state index in [4.69, 9.17) is 0 Å². The normalized spacial score (nSPS) is 12.6. The fourth-order valence-electron chi connectivity index (χ4n) is 2.57. The van der Waals surface area contributed by atoms with E-state index in [0.29, 0.717) is 0 Å². The Kier molecular flexibility index (Phi) is 7.28. The lowest BCUT2D eigenvalue weighted by atomic mass is 10.0. The van der Waals surface area contributed by atoms with Crippen LogP contribution < -0.4 is 5.32 Å². The molecule has 0 saturated heterocycles. The SMILES string of the molecule is C=C(NC)C(/C=C(\C)c1ccc(CC)cc1)=C(\C)Sc1ccc(F)cc1. The topological polar surface area (TPSA) is 12.0 Å². The number of rotatable bonds is 7. The number of aryl methyl sites for hydroxylation is 1. The van der Waals surface area contributed by atoms with Crippen LogP contribution in [0.3, 0.4) is 0 Å². The van der Waals surface area contributed by atoms with Crippen LogP contribution >= 0.6 is 11.8 Å². The van der Waals surface area contributed by atoms with Gasteiger partial charge in [-0.05, 0) is 72.2 Å². The van der Waals surface area contributed by atoms with Gasteiger partial charge in [0.25, 0.3) is 0 Å².